The van der Waals surface area contributed by atoms with E-state index in [1.54, 1.807) is 16.9 Å². The molecule has 0 aliphatic rings. The number of rotatable bonds is 3. The highest BCUT2D eigenvalue weighted by Crippen LogP contribution is 2.26. The molecule has 4 aromatic heterocycles. The second-order valence-corrected chi connectivity index (χ2v) is 5.15. The molecule has 0 aromatic carbocycles. The van der Waals surface area contributed by atoms with E-state index < -0.39 is 0 Å². The minimum Gasteiger partial charge on any atom is -0.354 e. The van der Waals surface area contributed by atoms with Crippen LogP contribution in [0.15, 0.2) is 30.7 Å². The topological polar surface area (TPSA) is 83.8 Å². The molecular weight excluding hydrogens is 302 g/mol. The predicted molar refractivity (Wildman–Crippen MR) is 85.0 cm³/mol. The van der Waals surface area contributed by atoms with Crippen molar-refractivity contribution in [2.24, 2.45) is 0 Å². The first-order chi connectivity index (χ1) is 10.8. The van der Waals surface area contributed by atoms with Crippen LogP contribution in [0, 0.1) is 0 Å². The van der Waals surface area contributed by atoms with Crippen molar-refractivity contribution in [2.45, 2.75) is 6.92 Å². The van der Waals surface area contributed by atoms with Crippen molar-refractivity contribution in [2.75, 3.05) is 11.9 Å². The van der Waals surface area contributed by atoms with Crippen molar-refractivity contribution in [1.82, 2.24) is 29.5 Å². The minimum atomic E-state index is 0.474. The number of aromatic amines is 1. The molecule has 110 valence electrons. The highest BCUT2D eigenvalue weighted by Gasteiger charge is 2.11. The minimum absolute atomic E-state index is 0.474. The number of halogens is 1. The summed E-state index contributed by atoms with van der Waals surface area (Å²) >= 11 is 6.08. The first kappa shape index (κ1) is 13.0. The average Bonchev–Trinajstić information content (AvgIpc) is 3.11. The van der Waals surface area contributed by atoms with E-state index in [0.717, 1.165) is 28.8 Å². The van der Waals surface area contributed by atoms with Crippen molar-refractivity contribution in [3.8, 4) is 11.3 Å². The van der Waals surface area contributed by atoms with E-state index in [1.807, 2.05) is 25.3 Å². The number of aromatic nitrogens is 6. The summed E-state index contributed by atoms with van der Waals surface area (Å²) in [6.07, 6.45) is 5.23. The Bertz CT molecular complexity index is 972. The number of hydrogen-bond donors (Lipinski definition) is 2. The lowest BCUT2D eigenvalue weighted by molar-refractivity contribution is 0.944. The number of hydrogen-bond acceptors (Lipinski definition) is 5. The van der Waals surface area contributed by atoms with E-state index in [0.29, 0.717) is 16.7 Å². The first-order valence-corrected chi connectivity index (χ1v) is 7.22. The Labute approximate surface area is 130 Å². The van der Waals surface area contributed by atoms with Gasteiger partial charge in [-0.05, 0) is 19.1 Å². The highest BCUT2D eigenvalue weighted by molar-refractivity contribution is 6.29. The highest BCUT2D eigenvalue weighted by atomic mass is 35.5. The summed E-state index contributed by atoms with van der Waals surface area (Å²) in [5, 5.41) is 8.99. The van der Waals surface area contributed by atoms with Crippen LogP contribution in [0.3, 0.4) is 0 Å². The van der Waals surface area contributed by atoms with Gasteiger partial charge in [0.2, 0.25) is 5.95 Å². The van der Waals surface area contributed by atoms with Gasteiger partial charge < -0.3 is 10.3 Å². The number of imidazole rings is 1. The number of fused-ring (bicyclic) bond motifs is 2. The lowest BCUT2D eigenvalue weighted by atomic mass is 10.2. The lowest BCUT2D eigenvalue weighted by Gasteiger charge is -2.02. The van der Waals surface area contributed by atoms with E-state index in [4.69, 9.17) is 11.6 Å². The molecule has 7 nitrogen and oxygen atoms in total. The molecule has 0 amide bonds. The van der Waals surface area contributed by atoms with Crippen LogP contribution in [0.5, 0.6) is 0 Å². The van der Waals surface area contributed by atoms with Crippen LogP contribution >= 0.6 is 11.6 Å². The van der Waals surface area contributed by atoms with Crippen LogP contribution in [0.25, 0.3) is 27.9 Å². The van der Waals surface area contributed by atoms with Crippen LogP contribution < -0.4 is 5.32 Å². The molecule has 4 heterocycles. The third-order valence-electron chi connectivity index (χ3n) is 3.36. The fraction of sp³-hybridized carbons (Fsp3) is 0.143. The molecular formula is C14H12ClN7. The van der Waals surface area contributed by atoms with Gasteiger partial charge in [0.1, 0.15) is 5.65 Å². The predicted octanol–water partition coefficient (Wildman–Crippen LogP) is 2.75. The monoisotopic (exact) mass is 313 g/mol. The third-order valence-corrected chi connectivity index (χ3v) is 3.62. The van der Waals surface area contributed by atoms with Gasteiger partial charge in [-0.3, -0.25) is 0 Å². The Morgan fingerprint density at radius 3 is 3.05 bits per heavy atom. The molecule has 4 aromatic rings. The molecule has 0 bridgehead atoms. The average molecular weight is 314 g/mol. The zero-order chi connectivity index (χ0) is 15.1. The van der Waals surface area contributed by atoms with E-state index in [9.17, 15) is 0 Å². The SMILES string of the molecule is CCNc1ncc2c(-c3ccc4ncc(Cl)n4n3)c[nH]c2n1. The smallest absolute Gasteiger partial charge is 0.224 e. The van der Waals surface area contributed by atoms with Gasteiger partial charge in [-0.25, -0.2) is 14.5 Å². The number of anilines is 1. The van der Waals surface area contributed by atoms with E-state index >= 15 is 0 Å². The van der Waals surface area contributed by atoms with E-state index in [1.165, 1.54) is 0 Å². The molecule has 0 spiro atoms. The van der Waals surface area contributed by atoms with Crippen molar-refractivity contribution < 1.29 is 0 Å². The van der Waals surface area contributed by atoms with Gasteiger partial charge in [-0.2, -0.15) is 10.1 Å². The van der Waals surface area contributed by atoms with Crippen molar-refractivity contribution in [3.63, 3.8) is 0 Å². The van der Waals surface area contributed by atoms with Gasteiger partial charge in [-0.1, -0.05) is 11.6 Å². The van der Waals surface area contributed by atoms with E-state index in [2.05, 4.69) is 30.4 Å². The molecule has 0 aliphatic carbocycles. The second-order valence-electron chi connectivity index (χ2n) is 4.76. The molecule has 0 atom stereocenters. The molecule has 0 aliphatic heterocycles. The quantitative estimate of drug-likeness (QED) is 0.607. The lowest BCUT2D eigenvalue weighted by Crippen LogP contribution is -2.01. The molecule has 0 saturated carbocycles. The van der Waals surface area contributed by atoms with Crippen molar-refractivity contribution in [3.05, 3.63) is 35.9 Å². The molecule has 2 N–H and O–H groups in total. The summed E-state index contributed by atoms with van der Waals surface area (Å²) in [6.45, 7) is 2.78. The summed E-state index contributed by atoms with van der Waals surface area (Å²) in [5.74, 6) is 0.601. The van der Waals surface area contributed by atoms with Gasteiger partial charge in [0.15, 0.2) is 10.8 Å². The van der Waals surface area contributed by atoms with Gasteiger partial charge in [-0.15, -0.1) is 0 Å². The largest absolute Gasteiger partial charge is 0.354 e. The summed E-state index contributed by atoms with van der Waals surface area (Å²) in [5.41, 5.74) is 3.17. The third kappa shape index (κ3) is 1.98. The zero-order valence-corrected chi connectivity index (χ0v) is 12.5. The number of nitrogens with zero attached hydrogens (tertiary/aromatic N) is 5. The summed E-state index contributed by atoms with van der Waals surface area (Å²) in [7, 11) is 0. The Balaban J connectivity index is 1.86. The summed E-state index contributed by atoms with van der Waals surface area (Å²) in [4.78, 5) is 16.1. The van der Waals surface area contributed by atoms with E-state index in [-0.39, 0.29) is 0 Å². The number of nitrogens with one attached hydrogen (secondary N) is 2. The van der Waals surface area contributed by atoms with Crippen LogP contribution in [-0.2, 0) is 0 Å². The maximum Gasteiger partial charge on any atom is 0.224 e. The standard InChI is InChI=1S/C14H12ClN7/c1-2-16-14-19-6-9-8(5-18-13(9)20-14)10-3-4-12-17-7-11(15)22(12)21-10/h3-7H,2H2,1H3,(H2,16,18,19,20). The molecule has 22 heavy (non-hydrogen) atoms. The Kier molecular flexibility index (Phi) is 2.93. The van der Waals surface area contributed by atoms with Crippen molar-refractivity contribution in [1.29, 1.82) is 0 Å². The van der Waals surface area contributed by atoms with Gasteiger partial charge in [0.25, 0.3) is 0 Å². The van der Waals surface area contributed by atoms with Crippen LogP contribution in [-0.4, -0.2) is 36.1 Å². The molecule has 0 saturated heterocycles. The fourth-order valence-electron chi connectivity index (χ4n) is 2.35. The number of H-pyrrole nitrogens is 1. The Morgan fingerprint density at radius 2 is 2.18 bits per heavy atom. The molecule has 0 unspecified atom stereocenters. The fourth-order valence-corrected chi connectivity index (χ4v) is 2.52. The second kappa shape index (κ2) is 4.96. The normalized spacial score (nSPS) is 11.4. The van der Waals surface area contributed by atoms with Crippen molar-refractivity contribution >= 4 is 34.2 Å². The van der Waals surface area contributed by atoms with Crippen LogP contribution in [0.2, 0.25) is 5.15 Å². The first-order valence-electron chi connectivity index (χ1n) is 6.85. The zero-order valence-electron chi connectivity index (χ0n) is 11.7. The van der Waals surface area contributed by atoms with Crippen LogP contribution in [0.4, 0.5) is 5.95 Å². The summed E-state index contributed by atoms with van der Waals surface area (Å²) in [6, 6.07) is 3.78. The molecule has 4 rings (SSSR count). The maximum atomic E-state index is 6.08. The Hall–Kier alpha value is -2.67. The van der Waals surface area contributed by atoms with Crippen LogP contribution in [0.1, 0.15) is 6.92 Å². The summed E-state index contributed by atoms with van der Waals surface area (Å²) < 4.78 is 1.60. The molecule has 0 fully saturated rings. The maximum absolute atomic E-state index is 6.08. The molecule has 0 radical (unpaired) electrons. The van der Waals surface area contributed by atoms with Gasteiger partial charge >= 0.3 is 0 Å². The van der Waals surface area contributed by atoms with Gasteiger partial charge in [0.05, 0.1) is 11.9 Å². The molecule has 8 heteroatoms. The van der Waals surface area contributed by atoms with Gasteiger partial charge in [0, 0.05) is 29.9 Å². The Morgan fingerprint density at radius 1 is 1.27 bits per heavy atom.